The van der Waals surface area contributed by atoms with Crippen molar-refractivity contribution in [3.63, 3.8) is 0 Å². The molecule has 26 heavy (non-hydrogen) atoms. The van der Waals surface area contributed by atoms with Crippen LogP contribution in [0.2, 0.25) is 0 Å². The van der Waals surface area contributed by atoms with Crippen LogP contribution in [0.4, 0.5) is 0 Å². The van der Waals surface area contributed by atoms with Gasteiger partial charge in [-0.2, -0.15) is 0 Å². The van der Waals surface area contributed by atoms with Gasteiger partial charge in [-0.25, -0.2) is 0 Å². The van der Waals surface area contributed by atoms with Crippen molar-refractivity contribution in [3.05, 3.63) is 40.7 Å². The number of carbonyl (C=O) groups is 1. The Morgan fingerprint density at radius 3 is 2.88 bits per heavy atom. The Balaban J connectivity index is 1.22. The summed E-state index contributed by atoms with van der Waals surface area (Å²) in [5.41, 5.74) is 3.03. The van der Waals surface area contributed by atoms with E-state index in [1.54, 1.807) is 6.20 Å². The average Bonchev–Trinajstić information content (AvgIpc) is 3.19. The van der Waals surface area contributed by atoms with Gasteiger partial charge < -0.3 is 15.0 Å². The normalized spacial score (nSPS) is 24.2. The minimum atomic E-state index is -0.0677. The Hall–Kier alpha value is -2.28. The molecular weight excluding hydrogens is 330 g/mol. The van der Waals surface area contributed by atoms with E-state index in [1.165, 1.54) is 5.56 Å². The van der Waals surface area contributed by atoms with Crippen LogP contribution in [0.25, 0.3) is 0 Å². The third-order valence-electron chi connectivity index (χ3n) is 5.87. The molecule has 0 atom stereocenters. The Bertz CT molecular complexity index is 852. The van der Waals surface area contributed by atoms with E-state index in [0.29, 0.717) is 23.3 Å². The van der Waals surface area contributed by atoms with E-state index in [4.69, 9.17) is 0 Å². The number of nitrogens with zero attached hydrogens (tertiary/aromatic N) is 4. The van der Waals surface area contributed by atoms with Crippen LogP contribution >= 0.6 is 0 Å². The molecule has 0 saturated heterocycles. The fraction of sp³-hybridized carbons (Fsp3) is 0.579. The minimum absolute atomic E-state index is 0.0321. The van der Waals surface area contributed by atoms with Crippen molar-refractivity contribution in [2.75, 3.05) is 0 Å². The molecule has 2 aromatic rings. The van der Waals surface area contributed by atoms with E-state index < -0.39 is 0 Å². The van der Waals surface area contributed by atoms with Gasteiger partial charge in [-0.3, -0.25) is 9.78 Å². The highest BCUT2D eigenvalue weighted by Crippen LogP contribution is 2.42. The summed E-state index contributed by atoms with van der Waals surface area (Å²) in [5.74, 6) is 1.92. The van der Waals surface area contributed by atoms with Crippen LogP contribution in [0.5, 0.6) is 0 Å². The molecular formula is C19H23N5O2. The maximum atomic E-state index is 12.5. The molecule has 2 aromatic heterocycles. The highest BCUT2D eigenvalue weighted by Gasteiger charge is 2.38. The minimum Gasteiger partial charge on any atom is -0.388 e. The molecule has 0 aliphatic heterocycles. The second-order valence-electron chi connectivity index (χ2n) is 7.76. The van der Waals surface area contributed by atoms with E-state index in [9.17, 15) is 9.90 Å². The van der Waals surface area contributed by atoms with E-state index in [2.05, 4.69) is 25.1 Å². The number of rotatable bonds is 5. The molecule has 0 bridgehead atoms. The second-order valence-corrected chi connectivity index (χ2v) is 7.76. The fourth-order valence-electron chi connectivity index (χ4n) is 4.22. The lowest BCUT2D eigenvalue weighted by molar-refractivity contribution is 0.0906. The Labute approximate surface area is 151 Å². The summed E-state index contributed by atoms with van der Waals surface area (Å²) in [4.78, 5) is 16.9. The van der Waals surface area contributed by atoms with Gasteiger partial charge in [0.15, 0.2) is 5.82 Å². The summed E-state index contributed by atoms with van der Waals surface area (Å²) in [6, 6.07) is 2.62. The molecule has 136 valence electrons. The number of fused-ring (bicyclic) bond motifs is 1. The summed E-state index contributed by atoms with van der Waals surface area (Å²) in [7, 11) is 0. The number of aliphatic hydroxyl groups excluding tert-OH is 1. The number of hydrogen-bond donors (Lipinski definition) is 2. The Morgan fingerprint density at radius 2 is 2.12 bits per heavy atom. The van der Waals surface area contributed by atoms with E-state index in [0.717, 1.165) is 56.5 Å². The van der Waals surface area contributed by atoms with Crippen LogP contribution in [0.3, 0.4) is 0 Å². The van der Waals surface area contributed by atoms with E-state index in [1.807, 2.05) is 6.07 Å². The van der Waals surface area contributed by atoms with Gasteiger partial charge in [0, 0.05) is 29.9 Å². The quantitative estimate of drug-likeness (QED) is 0.853. The van der Waals surface area contributed by atoms with Gasteiger partial charge in [0.1, 0.15) is 12.4 Å². The van der Waals surface area contributed by atoms with Crippen LogP contribution in [0.1, 0.15) is 77.3 Å². The summed E-state index contributed by atoms with van der Waals surface area (Å²) in [6.45, 7) is -0.0677. The molecule has 0 aromatic carbocycles. The molecule has 1 amide bonds. The molecule has 2 fully saturated rings. The van der Waals surface area contributed by atoms with Crippen molar-refractivity contribution < 1.29 is 9.90 Å². The zero-order chi connectivity index (χ0) is 17.7. The summed E-state index contributed by atoms with van der Waals surface area (Å²) >= 11 is 0. The van der Waals surface area contributed by atoms with Gasteiger partial charge >= 0.3 is 0 Å². The lowest BCUT2D eigenvalue weighted by atomic mass is 9.79. The molecule has 2 saturated carbocycles. The Morgan fingerprint density at radius 1 is 1.27 bits per heavy atom. The number of nitrogens with one attached hydrogen (secondary N) is 1. The van der Waals surface area contributed by atoms with Gasteiger partial charge in [0.05, 0.1) is 5.56 Å². The van der Waals surface area contributed by atoms with Crippen LogP contribution in [-0.2, 0) is 19.4 Å². The molecule has 0 spiro atoms. The first-order valence-corrected chi connectivity index (χ1v) is 9.56. The molecule has 0 unspecified atom stereocenters. The molecule has 7 heteroatoms. The molecule has 0 radical (unpaired) electrons. The predicted octanol–water partition coefficient (Wildman–Crippen LogP) is 1.66. The number of aryl methyl sites for hydroxylation is 2. The topological polar surface area (TPSA) is 92.9 Å². The molecule has 3 aliphatic carbocycles. The number of pyridine rings is 1. The van der Waals surface area contributed by atoms with Crippen LogP contribution in [0, 0.1) is 0 Å². The van der Waals surface area contributed by atoms with Crippen LogP contribution in [-0.4, -0.2) is 36.8 Å². The van der Waals surface area contributed by atoms with Gasteiger partial charge in [-0.1, -0.05) is 0 Å². The van der Waals surface area contributed by atoms with Crippen molar-refractivity contribution in [1.29, 1.82) is 0 Å². The summed E-state index contributed by atoms with van der Waals surface area (Å²) < 4.78 is 2.12. The average molecular weight is 353 g/mol. The lowest BCUT2D eigenvalue weighted by Gasteiger charge is -2.35. The van der Waals surface area contributed by atoms with Gasteiger partial charge in [0.25, 0.3) is 5.91 Å². The predicted molar refractivity (Wildman–Crippen MR) is 93.7 cm³/mol. The van der Waals surface area contributed by atoms with Crippen LogP contribution in [0.15, 0.2) is 12.3 Å². The highest BCUT2D eigenvalue weighted by molar-refractivity contribution is 5.94. The molecule has 5 rings (SSSR count). The lowest BCUT2D eigenvalue weighted by Crippen LogP contribution is -2.44. The van der Waals surface area contributed by atoms with Crippen molar-refractivity contribution in [2.45, 2.75) is 69.6 Å². The van der Waals surface area contributed by atoms with Crippen LogP contribution < -0.4 is 5.32 Å². The smallest absolute Gasteiger partial charge is 0.253 e. The second kappa shape index (κ2) is 6.16. The largest absolute Gasteiger partial charge is 0.388 e. The molecule has 2 N–H and O–H groups in total. The SMILES string of the molecule is O=C(NC1CC(c2nnc(CO)n2C2CC2)C1)c1cnc2c(c1)CCC2. The molecule has 2 heterocycles. The maximum Gasteiger partial charge on any atom is 0.253 e. The molecule has 3 aliphatic rings. The van der Waals surface area contributed by atoms with Crippen molar-refractivity contribution in [2.24, 2.45) is 0 Å². The number of hydrogen-bond acceptors (Lipinski definition) is 5. The first-order chi connectivity index (χ1) is 12.7. The van der Waals surface area contributed by atoms with Gasteiger partial charge in [-0.15, -0.1) is 10.2 Å². The highest BCUT2D eigenvalue weighted by atomic mass is 16.3. The first-order valence-electron chi connectivity index (χ1n) is 9.56. The zero-order valence-electron chi connectivity index (χ0n) is 14.7. The standard InChI is InChI=1S/C19H23N5O2/c25-10-17-22-23-18(24(17)15-4-5-15)12-7-14(8-12)21-19(26)13-6-11-2-1-3-16(11)20-9-13/h6,9,12,14-15,25H,1-5,7-8,10H2,(H,21,26). The number of amides is 1. The molecule has 7 nitrogen and oxygen atoms in total. The van der Waals surface area contributed by atoms with Gasteiger partial charge in [-0.05, 0) is 56.6 Å². The fourth-order valence-corrected chi connectivity index (χ4v) is 4.22. The monoisotopic (exact) mass is 353 g/mol. The summed E-state index contributed by atoms with van der Waals surface area (Å²) in [6.07, 6.45) is 8.91. The van der Waals surface area contributed by atoms with Crippen molar-refractivity contribution >= 4 is 5.91 Å². The number of aromatic nitrogens is 4. The summed E-state index contributed by atoms with van der Waals surface area (Å²) in [5, 5.41) is 21.0. The third-order valence-corrected chi connectivity index (χ3v) is 5.87. The third kappa shape index (κ3) is 2.70. The Kier molecular flexibility index (Phi) is 3.77. The number of carbonyl (C=O) groups excluding carboxylic acids is 1. The first kappa shape index (κ1) is 15.9. The maximum absolute atomic E-state index is 12.5. The van der Waals surface area contributed by atoms with E-state index >= 15 is 0 Å². The van der Waals surface area contributed by atoms with Crippen molar-refractivity contribution in [3.8, 4) is 0 Å². The zero-order valence-corrected chi connectivity index (χ0v) is 14.7. The van der Waals surface area contributed by atoms with E-state index in [-0.39, 0.29) is 18.6 Å². The van der Waals surface area contributed by atoms with Gasteiger partial charge in [0.2, 0.25) is 0 Å². The number of aliphatic hydroxyl groups is 1. The van der Waals surface area contributed by atoms with Crippen molar-refractivity contribution in [1.82, 2.24) is 25.1 Å².